The molecule has 8 nitrogen and oxygen atoms in total. The molecule has 0 unspecified atom stereocenters. The number of nitrogens with one attached hydrogen (secondary N) is 2. The minimum Gasteiger partial charge on any atom is -0.453 e. The molecule has 3 rings (SSSR count). The van der Waals surface area contributed by atoms with Crippen LogP contribution in [0.4, 0.5) is 10.6 Å². The van der Waals surface area contributed by atoms with E-state index < -0.39 is 0 Å². The van der Waals surface area contributed by atoms with Crippen LogP contribution in [-0.2, 0) is 4.74 Å². The summed E-state index contributed by atoms with van der Waals surface area (Å²) in [6.45, 7) is 1.37. The molecular weight excluding hydrogens is 260 g/mol. The van der Waals surface area contributed by atoms with E-state index in [0.29, 0.717) is 13.1 Å². The standard InChI is InChI=1S/C12H16N6O2/c1-20-12(19)18-4-2-8(3-5-18)16-10-9-6-15-17-11(9)14-7-13-10/h6-8H,2-5H2,1H3,(H2,13,14,15,16,17). The second-order valence-electron chi connectivity index (χ2n) is 4.73. The summed E-state index contributed by atoms with van der Waals surface area (Å²) >= 11 is 0. The maximum atomic E-state index is 11.4. The predicted molar refractivity (Wildman–Crippen MR) is 72.3 cm³/mol. The van der Waals surface area contributed by atoms with Crippen LogP contribution in [-0.4, -0.2) is 57.4 Å². The van der Waals surface area contributed by atoms with Gasteiger partial charge in [0.15, 0.2) is 5.65 Å². The summed E-state index contributed by atoms with van der Waals surface area (Å²) in [5, 5.41) is 11.1. The molecule has 1 fully saturated rings. The Bertz CT molecular complexity index is 605. The number of rotatable bonds is 2. The van der Waals surface area contributed by atoms with Gasteiger partial charge in [0.05, 0.1) is 18.7 Å². The molecule has 2 aromatic heterocycles. The van der Waals surface area contributed by atoms with Crippen molar-refractivity contribution >= 4 is 22.9 Å². The molecule has 0 atom stereocenters. The summed E-state index contributed by atoms with van der Waals surface area (Å²) in [6, 6.07) is 0.281. The Morgan fingerprint density at radius 2 is 2.25 bits per heavy atom. The van der Waals surface area contributed by atoms with Crippen LogP contribution in [0, 0.1) is 0 Å². The molecule has 8 heteroatoms. The third-order valence-corrected chi connectivity index (χ3v) is 3.52. The number of nitrogens with zero attached hydrogens (tertiary/aromatic N) is 4. The minimum atomic E-state index is -0.261. The molecule has 1 aliphatic heterocycles. The highest BCUT2D eigenvalue weighted by Gasteiger charge is 2.23. The van der Waals surface area contributed by atoms with Crippen LogP contribution < -0.4 is 5.32 Å². The number of ether oxygens (including phenoxy) is 1. The van der Waals surface area contributed by atoms with E-state index in [-0.39, 0.29) is 12.1 Å². The van der Waals surface area contributed by atoms with E-state index in [1.807, 2.05) is 0 Å². The van der Waals surface area contributed by atoms with Crippen molar-refractivity contribution in [3.05, 3.63) is 12.5 Å². The van der Waals surface area contributed by atoms with Crippen LogP contribution in [0.3, 0.4) is 0 Å². The van der Waals surface area contributed by atoms with Gasteiger partial charge in [-0.15, -0.1) is 0 Å². The second kappa shape index (κ2) is 5.32. The van der Waals surface area contributed by atoms with Crippen LogP contribution in [0.25, 0.3) is 11.0 Å². The first-order valence-corrected chi connectivity index (χ1v) is 6.51. The van der Waals surface area contributed by atoms with E-state index in [1.165, 1.54) is 13.4 Å². The van der Waals surface area contributed by atoms with Crippen molar-refractivity contribution in [2.24, 2.45) is 0 Å². The Kier molecular flexibility index (Phi) is 3.36. The molecule has 2 N–H and O–H groups in total. The van der Waals surface area contributed by atoms with Crippen molar-refractivity contribution in [3.8, 4) is 0 Å². The fraction of sp³-hybridized carbons (Fsp3) is 0.500. The molecule has 0 radical (unpaired) electrons. The highest BCUT2D eigenvalue weighted by Crippen LogP contribution is 2.20. The monoisotopic (exact) mass is 276 g/mol. The van der Waals surface area contributed by atoms with Crippen molar-refractivity contribution < 1.29 is 9.53 Å². The third kappa shape index (κ3) is 2.36. The summed E-state index contributed by atoms with van der Waals surface area (Å²) in [4.78, 5) is 21.5. The van der Waals surface area contributed by atoms with Crippen molar-refractivity contribution in [2.75, 3.05) is 25.5 Å². The van der Waals surface area contributed by atoms with Crippen LogP contribution in [0.1, 0.15) is 12.8 Å². The molecule has 0 aromatic carbocycles. The van der Waals surface area contributed by atoms with E-state index >= 15 is 0 Å². The molecule has 1 amide bonds. The SMILES string of the molecule is COC(=O)N1CCC(Nc2ncnc3[nH]ncc23)CC1. The Morgan fingerprint density at radius 3 is 3.00 bits per heavy atom. The molecule has 3 heterocycles. The van der Waals surface area contributed by atoms with Gasteiger partial charge in [-0.25, -0.2) is 14.8 Å². The Morgan fingerprint density at radius 1 is 1.45 bits per heavy atom. The Labute approximate surface area is 115 Å². The van der Waals surface area contributed by atoms with Gasteiger partial charge < -0.3 is 15.0 Å². The van der Waals surface area contributed by atoms with Gasteiger partial charge in [-0.3, -0.25) is 5.10 Å². The number of hydrogen-bond donors (Lipinski definition) is 2. The first kappa shape index (κ1) is 12.6. The van der Waals surface area contributed by atoms with Gasteiger partial charge in [0, 0.05) is 19.1 Å². The summed E-state index contributed by atoms with van der Waals surface area (Å²) in [6.07, 6.45) is 4.67. The predicted octanol–water partition coefficient (Wildman–Crippen LogP) is 0.996. The molecule has 2 aromatic rings. The lowest BCUT2D eigenvalue weighted by atomic mass is 10.1. The number of fused-ring (bicyclic) bond motifs is 1. The van der Waals surface area contributed by atoms with Gasteiger partial charge >= 0.3 is 6.09 Å². The largest absolute Gasteiger partial charge is 0.453 e. The Hall–Kier alpha value is -2.38. The van der Waals surface area contributed by atoms with E-state index in [4.69, 9.17) is 4.74 Å². The molecular formula is C12H16N6O2. The second-order valence-corrected chi connectivity index (χ2v) is 4.73. The van der Waals surface area contributed by atoms with Crippen molar-refractivity contribution in [1.82, 2.24) is 25.1 Å². The van der Waals surface area contributed by atoms with Gasteiger partial charge in [-0.05, 0) is 12.8 Å². The molecule has 0 spiro atoms. The summed E-state index contributed by atoms with van der Waals surface area (Å²) < 4.78 is 4.72. The normalized spacial score (nSPS) is 16.4. The first-order valence-electron chi connectivity index (χ1n) is 6.51. The Balaban J connectivity index is 1.65. The molecule has 1 aliphatic rings. The lowest BCUT2D eigenvalue weighted by Crippen LogP contribution is -2.42. The minimum absolute atomic E-state index is 0.261. The van der Waals surface area contributed by atoms with Crippen LogP contribution in [0.2, 0.25) is 0 Å². The lowest BCUT2D eigenvalue weighted by molar-refractivity contribution is 0.113. The van der Waals surface area contributed by atoms with Gasteiger partial charge in [0.1, 0.15) is 12.1 Å². The van der Waals surface area contributed by atoms with Gasteiger partial charge in [0.2, 0.25) is 0 Å². The topological polar surface area (TPSA) is 96.0 Å². The molecule has 20 heavy (non-hydrogen) atoms. The lowest BCUT2D eigenvalue weighted by Gasteiger charge is -2.31. The molecule has 1 saturated heterocycles. The summed E-state index contributed by atoms with van der Waals surface area (Å²) in [5.74, 6) is 0.778. The van der Waals surface area contributed by atoms with Gasteiger partial charge in [-0.1, -0.05) is 0 Å². The van der Waals surface area contributed by atoms with E-state index in [9.17, 15) is 4.79 Å². The third-order valence-electron chi connectivity index (χ3n) is 3.52. The average molecular weight is 276 g/mol. The number of methoxy groups -OCH3 is 1. The average Bonchev–Trinajstić information content (AvgIpc) is 2.97. The number of H-pyrrole nitrogens is 1. The van der Waals surface area contributed by atoms with Gasteiger partial charge in [0.25, 0.3) is 0 Å². The zero-order valence-corrected chi connectivity index (χ0v) is 11.2. The smallest absolute Gasteiger partial charge is 0.409 e. The van der Waals surface area contributed by atoms with Crippen molar-refractivity contribution in [2.45, 2.75) is 18.9 Å². The number of carbonyl (C=O) groups excluding carboxylic acids is 1. The zero-order valence-electron chi connectivity index (χ0n) is 11.2. The number of aromatic amines is 1. The van der Waals surface area contributed by atoms with Gasteiger partial charge in [-0.2, -0.15) is 5.10 Å². The number of piperidine rings is 1. The van der Waals surface area contributed by atoms with Crippen molar-refractivity contribution in [3.63, 3.8) is 0 Å². The summed E-state index contributed by atoms with van der Waals surface area (Å²) in [5.41, 5.74) is 0.717. The molecule has 0 saturated carbocycles. The van der Waals surface area contributed by atoms with Crippen LogP contribution in [0.5, 0.6) is 0 Å². The van der Waals surface area contributed by atoms with E-state index in [1.54, 1.807) is 11.1 Å². The highest BCUT2D eigenvalue weighted by atomic mass is 16.5. The maximum absolute atomic E-state index is 11.4. The van der Waals surface area contributed by atoms with E-state index in [2.05, 4.69) is 25.5 Å². The first-order chi connectivity index (χ1) is 9.78. The number of amides is 1. The molecule has 0 bridgehead atoms. The number of hydrogen-bond acceptors (Lipinski definition) is 6. The van der Waals surface area contributed by atoms with Crippen LogP contribution in [0.15, 0.2) is 12.5 Å². The zero-order chi connectivity index (χ0) is 13.9. The highest BCUT2D eigenvalue weighted by molar-refractivity contribution is 5.85. The maximum Gasteiger partial charge on any atom is 0.409 e. The number of carbonyl (C=O) groups is 1. The fourth-order valence-corrected chi connectivity index (χ4v) is 2.41. The summed E-state index contributed by atoms with van der Waals surface area (Å²) in [7, 11) is 1.41. The quantitative estimate of drug-likeness (QED) is 0.849. The number of aromatic nitrogens is 4. The van der Waals surface area contributed by atoms with E-state index in [0.717, 1.165) is 29.7 Å². The van der Waals surface area contributed by atoms with Crippen LogP contribution >= 0.6 is 0 Å². The van der Waals surface area contributed by atoms with Crippen molar-refractivity contribution in [1.29, 1.82) is 0 Å². The number of anilines is 1. The molecule has 106 valence electrons. The molecule has 0 aliphatic carbocycles. The fourth-order valence-electron chi connectivity index (χ4n) is 2.41. The number of likely N-dealkylation sites (tertiary alicyclic amines) is 1.